The molecule has 1 rings (SSSR count). The van der Waals surface area contributed by atoms with E-state index < -0.39 is 0 Å². The van der Waals surface area contributed by atoms with Crippen molar-refractivity contribution in [3.05, 3.63) is 34.7 Å². The van der Waals surface area contributed by atoms with Gasteiger partial charge in [-0.25, -0.2) is 0 Å². The summed E-state index contributed by atoms with van der Waals surface area (Å²) in [6, 6.07) is 5.26. The Balaban J connectivity index is 2.28. The molecule has 0 aliphatic rings. The molecule has 0 aliphatic heterocycles. The molecular weight excluding hydrogens is 276 g/mol. The van der Waals surface area contributed by atoms with Crippen LogP contribution >= 0.6 is 0 Å². The molecule has 2 N–H and O–H groups in total. The molecule has 5 heteroatoms. The fourth-order valence-electron chi connectivity index (χ4n) is 2.05. The topological polar surface area (TPSA) is 58.4 Å². The number of hydrogen-bond acceptors (Lipinski definition) is 2. The molecule has 0 bridgehead atoms. The van der Waals surface area contributed by atoms with Gasteiger partial charge in [0.15, 0.2) is 5.96 Å². The van der Waals surface area contributed by atoms with Crippen LogP contribution in [0.2, 0.25) is 0 Å². The number of unbranched alkanes of at least 4 members (excludes halogenated alkanes) is 1. The van der Waals surface area contributed by atoms with Gasteiger partial charge in [0.05, 0.1) is 0 Å². The second-order valence-electron chi connectivity index (χ2n) is 5.81. The Labute approximate surface area is 133 Å². The van der Waals surface area contributed by atoms with Gasteiger partial charge in [0, 0.05) is 38.4 Å². The number of aromatic nitrogens is 1. The number of aliphatic imine (C=N–C) groups is 1. The Morgan fingerprint density at radius 3 is 2.77 bits per heavy atom. The first-order valence-electron chi connectivity index (χ1n) is 8.31. The number of pyridine rings is 1. The maximum absolute atomic E-state index is 11.6. The zero-order valence-electron chi connectivity index (χ0n) is 14.1. The molecule has 0 aromatic carbocycles. The largest absolute Gasteiger partial charge is 0.357 e. The Kier molecular flexibility index (Phi) is 9.03. The van der Waals surface area contributed by atoms with Crippen LogP contribution in [-0.2, 0) is 6.54 Å². The van der Waals surface area contributed by atoms with E-state index in [4.69, 9.17) is 0 Å². The van der Waals surface area contributed by atoms with Crippen LogP contribution in [0.4, 0.5) is 0 Å². The minimum Gasteiger partial charge on any atom is -0.357 e. The maximum atomic E-state index is 11.6. The SMILES string of the molecule is CCNC(=NCCCCn1ccccc1=O)NCCC(C)C. The standard InChI is InChI=1S/C17H30N4O/c1-4-18-17(20-12-10-15(2)3)19-11-6-8-14-21-13-7-5-9-16(21)22/h5,7,9,13,15H,4,6,8,10-12,14H2,1-3H3,(H2,18,19,20). The van der Waals surface area contributed by atoms with Gasteiger partial charge in [0.25, 0.3) is 0 Å². The van der Waals surface area contributed by atoms with Gasteiger partial charge in [-0.3, -0.25) is 9.79 Å². The van der Waals surface area contributed by atoms with E-state index in [-0.39, 0.29) is 5.56 Å². The second kappa shape index (κ2) is 10.9. The summed E-state index contributed by atoms with van der Waals surface area (Å²) in [6.07, 6.45) is 4.91. The van der Waals surface area contributed by atoms with E-state index in [1.165, 1.54) is 0 Å². The van der Waals surface area contributed by atoms with Crippen molar-refractivity contribution in [1.82, 2.24) is 15.2 Å². The highest BCUT2D eigenvalue weighted by Gasteiger charge is 1.98. The summed E-state index contributed by atoms with van der Waals surface area (Å²) in [7, 11) is 0. The first-order chi connectivity index (χ1) is 10.6. The van der Waals surface area contributed by atoms with Crippen molar-refractivity contribution < 1.29 is 0 Å². The van der Waals surface area contributed by atoms with Crippen molar-refractivity contribution in [2.45, 2.75) is 46.6 Å². The van der Waals surface area contributed by atoms with E-state index in [1.54, 1.807) is 16.7 Å². The van der Waals surface area contributed by atoms with E-state index in [2.05, 4.69) is 36.4 Å². The van der Waals surface area contributed by atoms with E-state index in [0.29, 0.717) is 5.92 Å². The third-order valence-electron chi connectivity index (χ3n) is 3.33. The summed E-state index contributed by atoms with van der Waals surface area (Å²) in [4.78, 5) is 16.1. The van der Waals surface area contributed by atoms with Gasteiger partial charge < -0.3 is 15.2 Å². The summed E-state index contributed by atoms with van der Waals surface area (Å²) < 4.78 is 1.75. The van der Waals surface area contributed by atoms with Crippen LogP contribution in [0.1, 0.15) is 40.0 Å². The first-order valence-corrected chi connectivity index (χ1v) is 8.31. The van der Waals surface area contributed by atoms with Crippen molar-refractivity contribution in [2.24, 2.45) is 10.9 Å². The summed E-state index contributed by atoms with van der Waals surface area (Å²) >= 11 is 0. The molecule has 0 unspecified atom stereocenters. The molecule has 0 atom stereocenters. The van der Waals surface area contributed by atoms with Gasteiger partial charge in [-0.05, 0) is 38.2 Å². The van der Waals surface area contributed by atoms with Crippen LogP contribution < -0.4 is 16.2 Å². The molecule has 0 radical (unpaired) electrons. The fourth-order valence-corrected chi connectivity index (χ4v) is 2.05. The normalized spacial score (nSPS) is 11.7. The Morgan fingerprint density at radius 1 is 1.27 bits per heavy atom. The van der Waals surface area contributed by atoms with Crippen molar-refractivity contribution in [2.75, 3.05) is 19.6 Å². The average molecular weight is 306 g/mol. The van der Waals surface area contributed by atoms with Crippen LogP contribution in [0.15, 0.2) is 34.2 Å². The van der Waals surface area contributed by atoms with Gasteiger partial charge in [-0.15, -0.1) is 0 Å². The Bertz CT molecular complexity index is 493. The molecule has 1 aromatic rings. The van der Waals surface area contributed by atoms with E-state index in [0.717, 1.165) is 51.4 Å². The maximum Gasteiger partial charge on any atom is 0.250 e. The lowest BCUT2D eigenvalue weighted by Crippen LogP contribution is -2.38. The molecule has 0 amide bonds. The predicted octanol–water partition coefficient (Wildman–Crippen LogP) is 2.23. The van der Waals surface area contributed by atoms with Crippen molar-refractivity contribution in [1.29, 1.82) is 0 Å². The van der Waals surface area contributed by atoms with Crippen LogP contribution in [0.3, 0.4) is 0 Å². The zero-order chi connectivity index (χ0) is 16.2. The van der Waals surface area contributed by atoms with Crippen molar-refractivity contribution in [3.8, 4) is 0 Å². The van der Waals surface area contributed by atoms with E-state index in [9.17, 15) is 4.79 Å². The summed E-state index contributed by atoms with van der Waals surface area (Å²) in [5.41, 5.74) is 0.0645. The third-order valence-corrected chi connectivity index (χ3v) is 3.33. The first kappa shape index (κ1) is 18.3. The number of hydrogen-bond donors (Lipinski definition) is 2. The number of aryl methyl sites for hydroxylation is 1. The lowest BCUT2D eigenvalue weighted by atomic mass is 10.1. The third kappa shape index (κ3) is 7.86. The fraction of sp³-hybridized carbons (Fsp3) is 0.647. The van der Waals surface area contributed by atoms with E-state index >= 15 is 0 Å². The van der Waals surface area contributed by atoms with Crippen LogP contribution in [0.5, 0.6) is 0 Å². The van der Waals surface area contributed by atoms with Crippen LogP contribution in [-0.4, -0.2) is 30.2 Å². The van der Waals surface area contributed by atoms with Crippen LogP contribution in [0, 0.1) is 5.92 Å². The minimum absolute atomic E-state index is 0.0645. The highest BCUT2D eigenvalue weighted by Crippen LogP contribution is 1.97. The molecule has 0 spiro atoms. The second-order valence-corrected chi connectivity index (χ2v) is 5.81. The Morgan fingerprint density at radius 2 is 2.09 bits per heavy atom. The summed E-state index contributed by atoms with van der Waals surface area (Å²) in [6.45, 7) is 9.86. The molecule has 0 saturated carbocycles. The molecule has 1 aromatic heterocycles. The summed E-state index contributed by atoms with van der Waals surface area (Å²) in [5.74, 6) is 1.58. The number of rotatable bonds is 9. The monoisotopic (exact) mass is 306 g/mol. The van der Waals surface area contributed by atoms with Crippen molar-refractivity contribution >= 4 is 5.96 Å². The lowest BCUT2D eigenvalue weighted by Gasteiger charge is -2.12. The average Bonchev–Trinajstić information content (AvgIpc) is 2.48. The predicted molar refractivity (Wildman–Crippen MR) is 93.4 cm³/mol. The number of nitrogens with zero attached hydrogens (tertiary/aromatic N) is 2. The number of nitrogens with one attached hydrogen (secondary N) is 2. The Hall–Kier alpha value is -1.78. The molecule has 0 saturated heterocycles. The van der Waals surface area contributed by atoms with Crippen molar-refractivity contribution in [3.63, 3.8) is 0 Å². The van der Waals surface area contributed by atoms with E-state index in [1.807, 2.05) is 12.3 Å². The molecule has 5 nitrogen and oxygen atoms in total. The van der Waals surface area contributed by atoms with Crippen LogP contribution in [0.25, 0.3) is 0 Å². The van der Waals surface area contributed by atoms with Gasteiger partial charge >= 0.3 is 0 Å². The molecule has 22 heavy (non-hydrogen) atoms. The van der Waals surface area contributed by atoms with Gasteiger partial charge in [0.1, 0.15) is 0 Å². The molecule has 0 aliphatic carbocycles. The van der Waals surface area contributed by atoms with Gasteiger partial charge in [-0.2, -0.15) is 0 Å². The minimum atomic E-state index is 0.0645. The highest BCUT2D eigenvalue weighted by atomic mass is 16.1. The quantitative estimate of drug-likeness (QED) is 0.418. The zero-order valence-corrected chi connectivity index (χ0v) is 14.1. The highest BCUT2D eigenvalue weighted by molar-refractivity contribution is 5.79. The summed E-state index contributed by atoms with van der Waals surface area (Å²) in [5, 5.41) is 6.61. The van der Waals surface area contributed by atoms with Gasteiger partial charge in [-0.1, -0.05) is 19.9 Å². The lowest BCUT2D eigenvalue weighted by molar-refractivity contribution is 0.572. The molecule has 0 fully saturated rings. The molecule has 1 heterocycles. The molecular formula is C17H30N4O. The smallest absolute Gasteiger partial charge is 0.250 e. The van der Waals surface area contributed by atoms with Gasteiger partial charge in [0.2, 0.25) is 5.56 Å². The number of guanidine groups is 1. The molecule has 124 valence electrons.